The average molecular weight is 314 g/mol. The molecule has 0 spiro atoms. The van der Waals surface area contributed by atoms with Gasteiger partial charge in [0.25, 0.3) is 0 Å². The first-order chi connectivity index (χ1) is 10.2. The van der Waals surface area contributed by atoms with E-state index in [0.717, 1.165) is 31.0 Å². The smallest absolute Gasteiger partial charge is 0.0757 e. The summed E-state index contributed by atoms with van der Waals surface area (Å²) < 4.78 is 0. The lowest BCUT2D eigenvalue weighted by Crippen LogP contribution is -2.80. The summed E-state index contributed by atoms with van der Waals surface area (Å²) in [5, 5.41) is 3.38. The highest BCUT2D eigenvalue weighted by Gasteiger charge is 2.12. The highest BCUT2D eigenvalue weighted by Crippen LogP contribution is 2.31. The fraction of sp³-hybridized carbons (Fsp3) is 0.778. The van der Waals surface area contributed by atoms with Gasteiger partial charge in [0.05, 0.1) is 13.1 Å². The molecule has 0 atom stereocenters. The van der Waals surface area contributed by atoms with Crippen LogP contribution in [0.5, 0.6) is 0 Å². The molecule has 0 aromatic carbocycles. The van der Waals surface area contributed by atoms with Crippen molar-refractivity contribution in [3.63, 3.8) is 0 Å². The predicted molar refractivity (Wildman–Crippen MR) is 93.5 cm³/mol. The van der Waals surface area contributed by atoms with Crippen LogP contribution in [0.25, 0.3) is 0 Å². The molecule has 0 amide bonds. The third-order valence-corrected chi connectivity index (χ3v) is 4.79. The second kappa shape index (κ2) is 11.1. The zero-order valence-electron chi connectivity index (χ0n) is 14.3. The topological polar surface area (TPSA) is 19.9 Å². The normalized spacial score (nSPS) is 21.0. The zero-order valence-corrected chi connectivity index (χ0v) is 15.0. The molecular formula is C18H34ClN2+. The van der Waals surface area contributed by atoms with E-state index < -0.39 is 0 Å². The maximum Gasteiger partial charge on any atom is 0.0757 e. The molecule has 21 heavy (non-hydrogen) atoms. The minimum absolute atomic E-state index is 1.02. The Hall–Kier alpha value is -0.470. The van der Waals surface area contributed by atoms with Crippen molar-refractivity contribution in [2.45, 2.75) is 65.7 Å². The van der Waals surface area contributed by atoms with Crippen LogP contribution in [0.4, 0.5) is 0 Å². The van der Waals surface area contributed by atoms with Crippen molar-refractivity contribution < 1.29 is 5.32 Å². The van der Waals surface area contributed by atoms with E-state index in [1.807, 2.05) is 0 Å². The molecule has 2 aliphatic rings. The van der Waals surface area contributed by atoms with Crippen LogP contribution in [0.2, 0.25) is 0 Å². The molecule has 1 fully saturated rings. The van der Waals surface area contributed by atoms with Gasteiger partial charge in [-0.2, -0.15) is 0 Å². The number of nitrogens with two attached hydrogens (primary N) is 1. The standard InChI is InChI=1S/C14H24ClN.C4H9N/c1-4-10-16(5-2)11-13-9-7-6-8-12(3)14(13)15;1-2-4-5-3-1/h11H,4-10H2,1-3H3;5H,1-4H2/p+1/b13-11+;. The Morgan fingerprint density at radius 3 is 2.29 bits per heavy atom. The van der Waals surface area contributed by atoms with Gasteiger partial charge >= 0.3 is 0 Å². The van der Waals surface area contributed by atoms with E-state index in [9.17, 15) is 0 Å². The number of allylic oxidation sites excluding steroid dienone is 3. The van der Waals surface area contributed by atoms with Gasteiger partial charge in [0.2, 0.25) is 0 Å². The van der Waals surface area contributed by atoms with E-state index in [2.05, 4.69) is 37.2 Å². The van der Waals surface area contributed by atoms with Crippen molar-refractivity contribution in [3.8, 4) is 0 Å². The van der Waals surface area contributed by atoms with Crippen LogP contribution in [0, 0.1) is 0 Å². The molecular weight excluding hydrogens is 280 g/mol. The first kappa shape index (κ1) is 18.6. The van der Waals surface area contributed by atoms with Gasteiger partial charge in [-0.3, -0.25) is 0 Å². The summed E-state index contributed by atoms with van der Waals surface area (Å²) in [6.45, 7) is 11.5. The highest BCUT2D eigenvalue weighted by molar-refractivity contribution is 6.32. The summed E-state index contributed by atoms with van der Waals surface area (Å²) in [5.74, 6) is 0. The molecule has 0 aromatic rings. The SMILES string of the molecule is C1CC[NH2+]C1.CCCN(/C=C1\CCCCC(C)=C1Cl)CC. The predicted octanol–water partition coefficient (Wildman–Crippen LogP) is 4.03. The highest BCUT2D eigenvalue weighted by atomic mass is 35.5. The van der Waals surface area contributed by atoms with Crippen LogP contribution in [0.15, 0.2) is 22.4 Å². The number of halogens is 1. The van der Waals surface area contributed by atoms with E-state index >= 15 is 0 Å². The third kappa shape index (κ3) is 7.37. The van der Waals surface area contributed by atoms with Gasteiger partial charge in [0, 0.05) is 37.2 Å². The summed E-state index contributed by atoms with van der Waals surface area (Å²) >= 11 is 6.42. The number of rotatable bonds is 4. The van der Waals surface area contributed by atoms with Gasteiger partial charge in [-0.05, 0) is 51.5 Å². The number of hydrogen-bond donors (Lipinski definition) is 1. The molecule has 3 heteroatoms. The van der Waals surface area contributed by atoms with E-state index in [0.29, 0.717) is 0 Å². The molecule has 0 aromatic heterocycles. The first-order valence-electron chi connectivity index (χ1n) is 8.81. The summed E-state index contributed by atoms with van der Waals surface area (Å²) in [4.78, 5) is 2.37. The minimum Gasteiger partial charge on any atom is -0.377 e. The molecule has 2 N–H and O–H groups in total. The second-order valence-electron chi connectivity index (χ2n) is 6.16. The van der Waals surface area contributed by atoms with Crippen LogP contribution in [0.1, 0.15) is 65.7 Å². The number of nitrogens with zero attached hydrogens (tertiary/aromatic N) is 1. The molecule has 0 bridgehead atoms. The lowest BCUT2D eigenvalue weighted by Gasteiger charge is -2.19. The Morgan fingerprint density at radius 2 is 1.76 bits per heavy atom. The minimum atomic E-state index is 1.02. The van der Waals surface area contributed by atoms with E-state index in [1.165, 1.54) is 56.3 Å². The Kier molecular flexibility index (Phi) is 9.86. The fourth-order valence-electron chi connectivity index (χ4n) is 2.86. The molecule has 122 valence electrons. The summed E-state index contributed by atoms with van der Waals surface area (Å²) in [6, 6.07) is 0. The Morgan fingerprint density at radius 1 is 1.10 bits per heavy atom. The van der Waals surface area contributed by atoms with Crippen molar-refractivity contribution in [2.75, 3.05) is 26.2 Å². The van der Waals surface area contributed by atoms with Crippen LogP contribution in [-0.2, 0) is 0 Å². The Labute approximate surface area is 136 Å². The maximum atomic E-state index is 6.42. The van der Waals surface area contributed by atoms with Gasteiger partial charge in [-0.25, -0.2) is 0 Å². The quantitative estimate of drug-likeness (QED) is 0.830. The number of quaternary nitrogens is 1. The lowest BCUT2D eigenvalue weighted by atomic mass is 10.1. The fourth-order valence-corrected chi connectivity index (χ4v) is 3.10. The Bertz CT molecular complexity index is 336. The van der Waals surface area contributed by atoms with E-state index in [-0.39, 0.29) is 0 Å². The second-order valence-corrected chi connectivity index (χ2v) is 6.54. The van der Waals surface area contributed by atoms with E-state index in [1.54, 1.807) is 0 Å². The molecule has 2 rings (SSSR count). The average Bonchev–Trinajstić information content (AvgIpc) is 3.03. The zero-order chi connectivity index (χ0) is 15.5. The first-order valence-corrected chi connectivity index (χ1v) is 9.18. The van der Waals surface area contributed by atoms with Gasteiger partial charge in [0.1, 0.15) is 0 Å². The molecule has 1 aliphatic carbocycles. The van der Waals surface area contributed by atoms with E-state index in [4.69, 9.17) is 11.6 Å². The van der Waals surface area contributed by atoms with Crippen molar-refractivity contribution in [2.24, 2.45) is 0 Å². The van der Waals surface area contributed by atoms with Crippen LogP contribution >= 0.6 is 11.6 Å². The van der Waals surface area contributed by atoms with Crippen LogP contribution in [-0.4, -0.2) is 31.1 Å². The molecule has 1 saturated heterocycles. The molecule has 0 saturated carbocycles. The van der Waals surface area contributed by atoms with Crippen molar-refractivity contribution >= 4 is 11.6 Å². The van der Waals surface area contributed by atoms with Crippen molar-refractivity contribution in [1.82, 2.24) is 4.90 Å². The monoisotopic (exact) mass is 313 g/mol. The molecule has 2 nitrogen and oxygen atoms in total. The number of hydrogen-bond acceptors (Lipinski definition) is 1. The molecule has 0 radical (unpaired) electrons. The van der Waals surface area contributed by atoms with Crippen molar-refractivity contribution in [3.05, 3.63) is 22.4 Å². The van der Waals surface area contributed by atoms with Crippen LogP contribution < -0.4 is 5.32 Å². The molecule has 0 unspecified atom stereocenters. The van der Waals surface area contributed by atoms with Gasteiger partial charge in [0.15, 0.2) is 0 Å². The maximum absolute atomic E-state index is 6.42. The third-order valence-electron chi connectivity index (χ3n) is 4.23. The van der Waals surface area contributed by atoms with Gasteiger partial charge in [-0.1, -0.05) is 24.1 Å². The molecule has 1 heterocycles. The van der Waals surface area contributed by atoms with Crippen molar-refractivity contribution in [1.29, 1.82) is 0 Å². The summed E-state index contributed by atoms with van der Waals surface area (Å²) in [5.41, 5.74) is 2.70. The largest absolute Gasteiger partial charge is 0.377 e. The van der Waals surface area contributed by atoms with Crippen LogP contribution in [0.3, 0.4) is 0 Å². The molecule has 1 aliphatic heterocycles. The lowest BCUT2D eigenvalue weighted by molar-refractivity contribution is -0.635. The Balaban J connectivity index is 0.000000369. The van der Waals surface area contributed by atoms with Gasteiger partial charge in [-0.15, -0.1) is 0 Å². The summed E-state index contributed by atoms with van der Waals surface area (Å²) in [6.07, 6.45) is 11.2. The van der Waals surface area contributed by atoms with Gasteiger partial charge < -0.3 is 10.2 Å². The summed E-state index contributed by atoms with van der Waals surface area (Å²) in [7, 11) is 0.